The lowest BCUT2D eigenvalue weighted by atomic mass is 10.0. The Morgan fingerprint density at radius 3 is 2.25 bits per heavy atom. The molecular weight excluding hydrogens is 448 g/mol. The number of carbonyl (C=O) groups is 2. The number of benzene rings is 3. The van der Waals surface area contributed by atoms with Crippen LogP contribution in [-0.4, -0.2) is 26.2 Å². The van der Waals surface area contributed by atoms with Gasteiger partial charge in [-0.3, -0.25) is 14.3 Å². The van der Waals surface area contributed by atoms with Gasteiger partial charge in [-0.1, -0.05) is 48.0 Å². The monoisotopic (exact) mass is 470 g/mol. The average Bonchev–Trinajstić information content (AvgIpc) is 2.74. The normalized spacial score (nSPS) is 11.3. The molecule has 0 aliphatic carbocycles. The van der Waals surface area contributed by atoms with Gasteiger partial charge in [0.1, 0.15) is 0 Å². The molecule has 32 heavy (non-hydrogen) atoms. The molecule has 2 N–H and O–H groups in total. The van der Waals surface area contributed by atoms with E-state index < -0.39 is 10.0 Å². The van der Waals surface area contributed by atoms with Crippen molar-refractivity contribution in [3.8, 4) is 0 Å². The second-order valence-corrected chi connectivity index (χ2v) is 9.71. The molecule has 166 valence electrons. The molecule has 3 rings (SSSR count). The van der Waals surface area contributed by atoms with Crippen molar-refractivity contribution in [1.82, 2.24) is 5.32 Å². The van der Waals surface area contributed by atoms with Gasteiger partial charge >= 0.3 is 0 Å². The van der Waals surface area contributed by atoms with Crippen molar-refractivity contribution >= 4 is 39.0 Å². The van der Waals surface area contributed by atoms with E-state index in [1.165, 1.54) is 30.3 Å². The van der Waals surface area contributed by atoms with Crippen LogP contribution in [0.5, 0.6) is 0 Å². The highest BCUT2D eigenvalue weighted by Crippen LogP contribution is 2.27. The van der Waals surface area contributed by atoms with Gasteiger partial charge in [0.05, 0.1) is 10.6 Å². The summed E-state index contributed by atoms with van der Waals surface area (Å²) in [5.41, 5.74) is 1.53. The molecule has 6 nitrogen and oxygen atoms in total. The highest BCUT2D eigenvalue weighted by molar-refractivity contribution is 7.92. The number of hydrogen-bond acceptors (Lipinski definition) is 4. The predicted molar refractivity (Wildman–Crippen MR) is 126 cm³/mol. The van der Waals surface area contributed by atoms with Gasteiger partial charge in [0.2, 0.25) is 0 Å². The minimum absolute atomic E-state index is 0.0925. The number of amides is 1. The van der Waals surface area contributed by atoms with E-state index in [0.717, 1.165) is 0 Å². The van der Waals surface area contributed by atoms with Gasteiger partial charge in [-0.2, -0.15) is 0 Å². The van der Waals surface area contributed by atoms with Crippen LogP contribution in [0.2, 0.25) is 5.02 Å². The molecule has 0 radical (unpaired) electrons. The quantitative estimate of drug-likeness (QED) is 0.484. The molecule has 1 amide bonds. The minimum Gasteiger partial charge on any atom is -0.350 e. The number of halogens is 1. The number of sulfonamides is 1. The van der Waals surface area contributed by atoms with Crippen molar-refractivity contribution < 1.29 is 18.0 Å². The summed E-state index contributed by atoms with van der Waals surface area (Å²) < 4.78 is 28.7. The fourth-order valence-electron chi connectivity index (χ4n) is 3.09. The van der Waals surface area contributed by atoms with E-state index in [1.54, 1.807) is 43.3 Å². The SMILES string of the molecule is Cc1ccc(S(=O)(=O)Nc2ccc(Cl)cc2C(=O)c2ccccc2)cc1C(=O)NC(C)C. The molecule has 0 aliphatic heterocycles. The van der Waals surface area contributed by atoms with E-state index >= 15 is 0 Å². The van der Waals surface area contributed by atoms with Crippen molar-refractivity contribution in [1.29, 1.82) is 0 Å². The van der Waals surface area contributed by atoms with E-state index in [0.29, 0.717) is 16.1 Å². The number of carbonyl (C=O) groups excluding carboxylic acids is 2. The van der Waals surface area contributed by atoms with Crippen LogP contribution in [0.25, 0.3) is 0 Å². The zero-order valence-corrected chi connectivity index (χ0v) is 19.4. The molecule has 0 saturated heterocycles. The summed E-state index contributed by atoms with van der Waals surface area (Å²) in [6, 6.07) is 17.1. The minimum atomic E-state index is -4.09. The van der Waals surface area contributed by atoms with Crippen LogP contribution in [0.1, 0.15) is 45.7 Å². The zero-order valence-electron chi connectivity index (χ0n) is 17.8. The van der Waals surface area contributed by atoms with Gasteiger partial charge < -0.3 is 5.32 Å². The van der Waals surface area contributed by atoms with E-state index in [4.69, 9.17) is 11.6 Å². The van der Waals surface area contributed by atoms with E-state index in [1.807, 2.05) is 13.8 Å². The van der Waals surface area contributed by atoms with E-state index in [9.17, 15) is 18.0 Å². The first-order valence-electron chi connectivity index (χ1n) is 9.92. The second-order valence-electron chi connectivity index (χ2n) is 7.60. The summed E-state index contributed by atoms with van der Waals surface area (Å²) in [5.74, 6) is -0.729. The average molecular weight is 471 g/mol. The number of anilines is 1. The lowest BCUT2D eigenvalue weighted by Gasteiger charge is -2.15. The van der Waals surface area contributed by atoms with Gasteiger partial charge in [0.15, 0.2) is 5.78 Å². The molecule has 3 aromatic rings. The molecule has 0 aliphatic rings. The highest BCUT2D eigenvalue weighted by Gasteiger charge is 2.22. The Balaban J connectivity index is 1.99. The third kappa shape index (κ3) is 5.36. The van der Waals surface area contributed by atoms with Crippen LogP contribution in [-0.2, 0) is 10.0 Å². The molecule has 0 fully saturated rings. The molecule has 0 unspecified atom stereocenters. The third-order valence-corrected chi connectivity index (χ3v) is 6.29. The number of nitrogens with one attached hydrogen (secondary N) is 2. The summed E-state index contributed by atoms with van der Waals surface area (Å²) in [4.78, 5) is 25.4. The number of ketones is 1. The molecule has 0 atom stereocenters. The molecule has 0 saturated carbocycles. The first-order valence-corrected chi connectivity index (χ1v) is 11.8. The Hall–Kier alpha value is -3.16. The topological polar surface area (TPSA) is 92.3 Å². The number of hydrogen-bond donors (Lipinski definition) is 2. The second kappa shape index (κ2) is 9.54. The standard InChI is InChI=1S/C24H23ClN2O4S/c1-15(2)26-24(29)20-14-19(11-9-16(20)3)32(30,31)27-22-12-10-18(25)13-21(22)23(28)17-7-5-4-6-8-17/h4-15,27H,1-3H3,(H,26,29). The van der Waals surface area contributed by atoms with Gasteiger partial charge in [0.25, 0.3) is 15.9 Å². The summed E-state index contributed by atoms with van der Waals surface area (Å²) in [7, 11) is -4.09. The smallest absolute Gasteiger partial charge is 0.261 e. The summed E-state index contributed by atoms with van der Waals surface area (Å²) >= 11 is 6.08. The van der Waals surface area contributed by atoms with Crippen LogP contribution in [0, 0.1) is 6.92 Å². The molecular formula is C24H23ClN2O4S. The molecule has 0 heterocycles. The van der Waals surface area contributed by atoms with Crippen LogP contribution >= 0.6 is 11.6 Å². The fraction of sp³-hybridized carbons (Fsp3) is 0.167. The van der Waals surface area contributed by atoms with Crippen LogP contribution < -0.4 is 10.0 Å². The van der Waals surface area contributed by atoms with Crippen molar-refractivity contribution in [3.63, 3.8) is 0 Å². The van der Waals surface area contributed by atoms with Crippen molar-refractivity contribution in [2.75, 3.05) is 4.72 Å². The first-order chi connectivity index (χ1) is 15.1. The van der Waals surface area contributed by atoms with Crippen molar-refractivity contribution in [2.24, 2.45) is 0 Å². The Morgan fingerprint density at radius 1 is 0.906 bits per heavy atom. The number of aryl methyl sites for hydroxylation is 1. The molecule has 0 aromatic heterocycles. The molecule has 3 aromatic carbocycles. The predicted octanol–water partition coefficient (Wildman–Crippen LogP) is 4.82. The van der Waals surface area contributed by atoms with Crippen LogP contribution in [0.15, 0.2) is 71.6 Å². The molecule has 0 bridgehead atoms. The maximum atomic E-state index is 13.1. The van der Waals surface area contributed by atoms with E-state index in [2.05, 4.69) is 10.0 Å². The van der Waals surface area contributed by atoms with Gasteiger partial charge in [-0.15, -0.1) is 0 Å². The Morgan fingerprint density at radius 2 is 1.59 bits per heavy atom. The third-order valence-electron chi connectivity index (χ3n) is 4.69. The lowest BCUT2D eigenvalue weighted by molar-refractivity contribution is 0.0941. The van der Waals surface area contributed by atoms with E-state index in [-0.39, 0.29) is 39.4 Å². The largest absolute Gasteiger partial charge is 0.350 e. The summed E-state index contributed by atoms with van der Waals surface area (Å²) in [6.45, 7) is 5.37. The molecule has 0 spiro atoms. The maximum Gasteiger partial charge on any atom is 0.261 e. The lowest BCUT2D eigenvalue weighted by Crippen LogP contribution is -2.30. The number of rotatable bonds is 7. The van der Waals surface area contributed by atoms with Crippen molar-refractivity contribution in [3.05, 3.63) is 94.0 Å². The maximum absolute atomic E-state index is 13.1. The molecule has 8 heteroatoms. The van der Waals surface area contributed by atoms with Gasteiger partial charge in [-0.05, 0) is 56.7 Å². The summed E-state index contributed by atoms with van der Waals surface area (Å²) in [5, 5.41) is 3.06. The van der Waals surface area contributed by atoms with Crippen LogP contribution in [0.3, 0.4) is 0 Å². The van der Waals surface area contributed by atoms with Crippen molar-refractivity contribution in [2.45, 2.75) is 31.7 Å². The van der Waals surface area contributed by atoms with Gasteiger partial charge in [0, 0.05) is 27.8 Å². The zero-order chi connectivity index (χ0) is 23.5. The Kier molecular flexibility index (Phi) is 7.01. The highest BCUT2D eigenvalue weighted by atomic mass is 35.5. The Labute approximate surface area is 192 Å². The summed E-state index contributed by atoms with van der Waals surface area (Å²) in [6.07, 6.45) is 0. The first kappa shape index (κ1) is 23.5. The van der Waals surface area contributed by atoms with Crippen LogP contribution in [0.4, 0.5) is 5.69 Å². The fourth-order valence-corrected chi connectivity index (χ4v) is 4.37. The Bertz CT molecular complexity index is 1270. The van der Waals surface area contributed by atoms with Gasteiger partial charge in [-0.25, -0.2) is 8.42 Å².